The van der Waals surface area contributed by atoms with Crippen LogP contribution in [0.5, 0.6) is 5.88 Å². The molecule has 0 fully saturated rings. The number of rotatable bonds is 7. The van der Waals surface area contributed by atoms with Gasteiger partial charge < -0.3 is 20.4 Å². The molecule has 0 aliphatic carbocycles. The van der Waals surface area contributed by atoms with Crippen LogP contribution in [0.4, 0.5) is 10.1 Å². The summed E-state index contributed by atoms with van der Waals surface area (Å²) in [6.07, 6.45) is 1.81. The van der Waals surface area contributed by atoms with E-state index in [1.807, 2.05) is 12.1 Å². The van der Waals surface area contributed by atoms with Gasteiger partial charge in [0.05, 0.1) is 11.6 Å². The molecular weight excluding hydrogens is 427 g/mol. The van der Waals surface area contributed by atoms with E-state index < -0.39 is 5.82 Å². The molecular formula is C20H16ClFN6O3. The Hall–Kier alpha value is -3.92. The van der Waals surface area contributed by atoms with Crippen molar-refractivity contribution in [2.45, 2.75) is 0 Å². The number of aromatic nitrogens is 3. The minimum atomic E-state index is -0.569. The number of nitrogens with zero attached hydrogens (tertiary/aromatic N) is 2. The van der Waals surface area contributed by atoms with Crippen molar-refractivity contribution in [2.75, 3.05) is 18.5 Å². The maximum absolute atomic E-state index is 13.3. The molecule has 0 saturated carbocycles. The summed E-state index contributed by atoms with van der Waals surface area (Å²) in [5, 5.41) is 21.7. The minimum Gasteiger partial charge on any atom is -0.472 e. The van der Waals surface area contributed by atoms with E-state index >= 15 is 0 Å². The van der Waals surface area contributed by atoms with E-state index in [0.29, 0.717) is 11.3 Å². The van der Waals surface area contributed by atoms with Crippen molar-refractivity contribution in [3.63, 3.8) is 0 Å². The fourth-order valence-electron chi connectivity index (χ4n) is 2.81. The molecule has 0 atom stereocenters. The highest BCUT2D eigenvalue weighted by Gasteiger charge is 2.17. The zero-order valence-electron chi connectivity index (χ0n) is 15.9. The van der Waals surface area contributed by atoms with Crippen molar-refractivity contribution in [3.8, 4) is 5.88 Å². The number of H-pyrrole nitrogens is 1. The standard InChI is InChI=1S/C20H16ClFN6O3/c21-14-10-13(2-3-15(14)22)26-18(23)17-20(28-31-27-17)30-8-7-25-19(29)12-1-4-16-11(9-12)5-6-24-16/h1-6,9-10,24H,7-8H2,(H2,23,26)(H,25,29). The molecule has 2 aromatic heterocycles. The van der Waals surface area contributed by atoms with Gasteiger partial charge >= 0.3 is 0 Å². The fraction of sp³-hybridized carbons (Fsp3) is 0.100. The van der Waals surface area contributed by atoms with Crippen LogP contribution in [-0.2, 0) is 0 Å². The van der Waals surface area contributed by atoms with Gasteiger partial charge in [0, 0.05) is 28.4 Å². The average Bonchev–Trinajstić information content (AvgIpc) is 3.42. The number of amidine groups is 1. The lowest BCUT2D eigenvalue weighted by Gasteiger charge is -2.08. The quantitative estimate of drug-likeness (QED) is 0.197. The number of amides is 1. The normalized spacial score (nSPS) is 10.8. The Morgan fingerprint density at radius 2 is 2.10 bits per heavy atom. The van der Waals surface area contributed by atoms with Gasteiger partial charge in [0.1, 0.15) is 12.4 Å². The number of carbonyl (C=O) groups excluding carboxylic acids is 1. The van der Waals surface area contributed by atoms with Crippen LogP contribution in [-0.4, -0.2) is 40.2 Å². The number of fused-ring (bicyclic) bond motifs is 1. The molecule has 158 valence electrons. The second kappa shape index (κ2) is 8.84. The number of benzene rings is 2. The summed E-state index contributed by atoms with van der Waals surface area (Å²) in [4.78, 5) is 15.4. The Bertz CT molecular complexity index is 1250. The Morgan fingerprint density at radius 1 is 1.23 bits per heavy atom. The molecule has 4 rings (SSSR count). The predicted octanol–water partition coefficient (Wildman–Crippen LogP) is 3.59. The molecule has 0 aliphatic rings. The van der Waals surface area contributed by atoms with Gasteiger partial charge in [-0.1, -0.05) is 11.6 Å². The second-order valence-corrected chi connectivity index (χ2v) is 6.84. The molecule has 0 unspecified atom stereocenters. The third kappa shape index (κ3) is 4.64. The summed E-state index contributed by atoms with van der Waals surface area (Å²) in [5.74, 6) is -1.01. The number of hydrogen-bond donors (Lipinski definition) is 4. The number of hydrogen-bond acceptors (Lipinski definition) is 6. The first-order valence-electron chi connectivity index (χ1n) is 9.13. The first-order chi connectivity index (χ1) is 15.0. The monoisotopic (exact) mass is 442 g/mol. The highest BCUT2D eigenvalue weighted by Crippen LogP contribution is 2.21. The van der Waals surface area contributed by atoms with Crippen LogP contribution in [0.1, 0.15) is 16.1 Å². The van der Waals surface area contributed by atoms with Crippen LogP contribution in [0.2, 0.25) is 5.02 Å². The van der Waals surface area contributed by atoms with Crippen molar-refractivity contribution < 1.29 is 18.6 Å². The molecule has 2 heterocycles. The molecule has 0 bridgehead atoms. The molecule has 9 nitrogen and oxygen atoms in total. The molecule has 0 spiro atoms. The van der Waals surface area contributed by atoms with E-state index in [0.717, 1.165) is 10.9 Å². The molecule has 2 aromatic carbocycles. The number of anilines is 1. The molecule has 0 saturated heterocycles. The van der Waals surface area contributed by atoms with Gasteiger partial charge in [-0.25, -0.2) is 9.02 Å². The zero-order chi connectivity index (χ0) is 21.8. The van der Waals surface area contributed by atoms with Crippen molar-refractivity contribution in [1.29, 1.82) is 5.41 Å². The Morgan fingerprint density at radius 3 is 2.94 bits per heavy atom. The van der Waals surface area contributed by atoms with Crippen LogP contribution in [0.3, 0.4) is 0 Å². The predicted molar refractivity (Wildman–Crippen MR) is 112 cm³/mol. The molecule has 31 heavy (non-hydrogen) atoms. The number of ether oxygens (including phenoxy) is 1. The lowest BCUT2D eigenvalue weighted by molar-refractivity contribution is 0.0946. The topological polar surface area (TPSA) is 129 Å². The average molecular weight is 443 g/mol. The Labute approximate surface area is 180 Å². The summed E-state index contributed by atoms with van der Waals surface area (Å²) in [5.41, 5.74) is 1.88. The number of nitrogens with one attached hydrogen (secondary N) is 4. The third-order valence-corrected chi connectivity index (χ3v) is 4.62. The van der Waals surface area contributed by atoms with E-state index in [2.05, 4.69) is 30.6 Å². The van der Waals surface area contributed by atoms with Crippen molar-refractivity contribution in [3.05, 3.63) is 70.8 Å². The van der Waals surface area contributed by atoms with E-state index in [1.165, 1.54) is 18.2 Å². The molecule has 4 aromatic rings. The SMILES string of the molecule is N=C(Nc1ccc(F)c(Cl)c1)c1nonc1OCCNC(=O)c1ccc2[nH]ccc2c1. The molecule has 11 heteroatoms. The minimum absolute atomic E-state index is 0.0182. The third-order valence-electron chi connectivity index (χ3n) is 4.33. The largest absolute Gasteiger partial charge is 0.472 e. The Kier molecular flexibility index (Phi) is 5.80. The summed E-state index contributed by atoms with van der Waals surface area (Å²) >= 11 is 5.74. The maximum atomic E-state index is 13.3. The van der Waals surface area contributed by atoms with Gasteiger partial charge in [-0.15, -0.1) is 0 Å². The summed E-state index contributed by atoms with van der Waals surface area (Å²) in [7, 11) is 0. The summed E-state index contributed by atoms with van der Waals surface area (Å²) in [6.45, 7) is 0.277. The van der Waals surface area contributed by atoms with Gasteiger partial charge in [-0.05, 0) is 52.8 Å². The maximum Gasteiger partial charge on any atom is 0.287 e. The lowest BCUT2D eigenvalue weighted by Crippen LogP contribution is -2.28. The van der Waals surface area contributed by atoms with Crippen molar-refractivity contribution in [2.24, 2.45) is 0 Å². The molecule has 1 amide bonds. The first-order valence-corrected chi connectivity index (χ1v) is 9.51. The van der Waals surface area contributed by atoms with Crippen LogP contribution >= 0.6 is 11.6 Å². The molecule has 0 radical (unpaired) electrons. The van der Waals surface area contributed by atoms with Crippen LogP contribution in [0, 0.1) is 11.2 Å². The van der Waals surface area contributed by atoms with Crippen molar-refractivity contribution in [1.82, 2.24) is 20.6 Å². The highest BCUT2D eigenvalue weighted by molar-refractivity contribution is 6.31. The summed E-state index contributed by atoms with van der Waals surface area (Å²) in [6, 6.07) is 11.2. The van der Waals surface area contributed by atoms with E-state index in [1.54, 1.807) is 18.3 Å². The molecule has 0 aliphatic heterocycles. The molecule has 4 N–H and O–H groups in total. The van der Waals surface area contributed by atoms with Crippen LogP contribution in [0.15, 0.2) is 53.3 Å². The number of halogens is 2. The Balaban J connectivity index is 1.30. The number of aromatic amines is 1. The first kappa shape index (κ1) is 20.4. The van der Waals surface area contributed by atoms with Gasteiger partial charge in [0.25, 0.3) is 11.8 Å². The zero-order valence-corrected chi connectivity index (χ0v) is 16.7. The van der Waals surface area contributed by atoms with E-state index in [9.17, 15) is 9.18 Å². The van der Waals surface area contributed by atoms with Gasteiger partial charge in [0.2, 0.25) is 5.69 Å². The van der Waals surface area contributed by atoms with Gasteiger partial charge in [0.15, 0.2) is 5.84 Å². The highest BCUT2D eigenvalue weighted by atomic mass is 35.5. The second-order valence-electron chi connectivity index (χ2n) is 6.43. The van der Waals surface area contributed by atoms with E-state index in [4.69, 9.17) is 21.7 Å². The van der Waals surface area contributed by atoms with E-state index in [-0.39, 0.29) is 41.5 Å². The van der Waals surface area contributed by atoms with Gasteiger partial charge in [-0.3, -0.25) is 10.2 Å². The smallest absolute Gasteiger partial charge is 0.287 e. The van der Waals surface area contributed by atoms with Crippen LogP contribution < -0.4 is 15.4 Å². The fourth-order valence-corrected chi connectivity index (χ4v) is 2.99. The summed E-state index contributed by atoms with van der Waals surface area (Å²) < 4.78 is 23.4. The van der Waals surface area contributed by atoms with Gasteiger partial charge in [-0.2, -0.15) is 0 Å². The number of carbonyl (C=O) groups is 1. The lowest BCUT2D eigenvalue weighted by atomic mass is 10.1. The van der Waals surface area contributed by atoms with Crippen LogP contribution in [0.25, 0.3) is 10.9 Å². The van der Waals surface area contributed by atoms with Crippen molar-refractivity contribution >= 4 is 39.9 Å².